The predicted molar refractivity (Wildman–Crippen MR) is 93.6 cm³/mol. The van der Waals surface area contributed by atoms with Crippen molar-refractivity contribution in [3.05, 3.63) is 34.3 Å². The van der Waals surface area contributed by atoms with Crippen LogP contribution in [0, 0.1) is 0 Å². The number of benzene rings is 1. The molecule has 0 amide bonds. The molecule has 1 aromatic carbocycles. The molecule has 1 aliphatic heterocycles. The van der Waals surface area contributed by atoms with Crippen LogP contribution in [0.4, 0.5) is 0 Å². The van der Waals surface area contributed by atoms with Crippen molar-refractivity contribution in [2.24, 2.45) is 5.73 Å². The SMILES string of the molecule is CN(CCN1CCCC1)C(C)(CN)Cc1ccc(Br)cc1. The van der Waals surface area contributed by atoms with Crippen LogP contribution in [0.15, 0.2) is 28.7 Å². The van der Waals surface area contributed by atoms with Gasteiger partial charge in [0.1, 0.15) is 0 Å². The van der Waals surface area contributed by atoms with Crippen LogP contribution in [-0.4, -0.2) is 55.1 Å². The fourth-order valence-corrected chi connectivity index (χ4v) is 3.24. The van der Waals surface area contributed by atoms with Crippen LogP contribution in [0.25, 0.3) is 0 Å². The number of likely N-dealkylation sites (N-methyl/N-ethyl adjacent to an activating group) is 1. The van der Waals surface area contributed by atoms with Crippen molar-refractivity contribution in [1.82, 2.24) is 9.80 Å². The van der Waals surface area contributed by atoms with E-state index in [0.29, 0.717) is 6.54 Å². The zero-order chi connectivity index (χ0) is 15.3. The maximum Gasteiger partial charge on any atom is 0.0341 e. The Balaban J connectivity index is 1.92. The molecule has 4 heteroatoms. The van der Waals surface area contributed by atoms with Crippen LogP contribution >= 0.6 is 15.9 Å². The first-order chi connectivity index (χ1) is 10.0. The lowest BCUT2D eigenvalue weighted by Gasteiger charge is -2.39. The molecule has 1 atom stereocenters. The molecule has 0 bridgehead atoms. The molecule has 1 fully saturated rings. The van der Waals surface area contributed by atoms with Gasteiger partial charge in [-0.1, -0.05) is 28.1 Å². The molecule has 1 heterocycles. The van der Waals surface area contributed by atoms with E-state index >= 15 is 0 Å². The molecule has 21 heavy (non-hydrogen) atoms. The average Bonchev–Trinajstić information content (AvgIpc) is 3.00. The number of nitrogens with zero attached hydrogens (tertiary/aromatic N) is 2. The van der Waals surface area contributed by atoms with Crippen LogP contribution in [0.1, 0.15) is 25.3 Å². The zero-order valence-corrected chi connectivity index (χ0v) is 14.9. The molecule has 1 aromatic rings. The van der Waals surface area contributed by atoms with E-state index in [0.717, 1.165) is 24.0 Å². The number of nitrogens with two attached hydrogens (primary N) is 1. The van der Waals surface area contributed by atoms with E-state index in [1.807, 2.05) is 0 Å². The van der Waals surface area contributed by atoms with E-state index in [-0.39, 0.29) is 5.54 Å². The van der Waals surface area contributed by atoms with Crippen molar-refractivity contribution >= 4 is 15.9 Å². The molecular formula is C17H28BrN3. The van der Waals surface area contributed by atoms with Gasteiger partial charge in [-0.2, -0.15) is 0 Å². The molecule has 0 saturated carbocycles. The Kier molecular flexibility index (Phi) is 6.23. The van der Waals surface area contributed by atoms with Gasteiger partial charge < -0.3 is 10.6 Å². The smallest absolute Gasteiger partial charge is 0.0341 e. The molecule has 0 radical (unpaired) electrons. The molecule has 1 unspecified atom stereocenters. The second kappa shape index (κ2) is 7.73. The van der Waals surface area contributed by atoms with E-state index in [1.54, 1.807) is 0 Å². The van der Waals surface area contributed by atoms with Gasteiger partial charge >= 0.3 is 0 Å². The summed E-state index contributed by atoms with van der Waals surface area (Å²) in [7, 11) is 2.21. The predicted octanol–water partition coefficient (Wildman–Crippen LogP) is 2.74. The highest BCUT2D eigenvalue weighted by Gasteiger charge is 2.28. The molecule has 118 valence electrons. The molecule has 1 saturated heterocycles. The van der Waals surface area contributed by atoms with Crippen LogP contribution in [0.2, 0.25) is 0 Å². The quantitative estimate of drug-likeness (QED) is 0.817. The Morgan fingerprint density at radius 1 is 1.24 bits per heavy atom. The standard InChI is InChI=1S/C17H28BrN3/c1-17(14-19,13-15-5-7-16(18)8-6-15)20(2)11-12-21-9-3-4-10-21/h5-8H,3-4,9-14,19H2,1-2H3. The van der Waals surface area contributed by atoms with Crippen molar-refractivity contribution in [3.63, 3.8) is 0 Å². The normalized spacial score (nSPS) is 19.1. The number of rotatable bonds is 7. The second-order valence-electron chi connectivity index (χ2n) is 6.47. The topological polar surface area (TPSA) is 32.5 Å². The van der Waals surface area contributed by atoms with Gasteiger partial charge in [0.05, 0.1) is 0 Å². The van der Waals surface area contributed by atoms with E-state index < -0.39 is 0 Å². The van der Waals surface area contributed by atoms with Crippen LogP contribution in [0.5, 0.6) is 0 Å². The van der Waals surface area contributed by atoms with Gasteiger partial charge in [-0.15, -0.1) is 0 Å². The number of halogens is 1. The van der Waals surface area contributed by atoms with Crippen molar-refractivity contribution < 1.29 is 0 Å². The Morgan fingerprint density at radius 2 is 1.86 bits per heavy atom. The molecule has 2 rings (SSSR count). The summed E-state index contributed by atoms with van der Waals surface area (Å²) in [5.41, 5.74) is 7.47. The summed E-state index contributed by atoms with van der Waals surface area (Å²) in [4.78, 5) is 5.00. The van der Waals surface area contributed by atoms with Crippen molar-refractivity contribution in [3.8, 4) is 0 Å². The first kappa shape index (κ1) is 16.9. The first-order valence-corrected chi connectivity index (χ1v) is 8.71. The summed E-state index contributed by atoms with van der Waals surface area (Å²) >= 11 is 3.49. The summed E-state index contributed by atoms with van der Waals surface area (Å²) in [6.07, 6.45) is 3.71. The minimum Gasteiger partial charge on any atom is -0.329 e. The molecule has 1 aliphatic rings. The van der Waals surface area contributed by atoms with Crippen LogP contribution in [0.3, 0.4) is 0 Å². The van der Waals surface area contributed by atoms with E-state index in [9.17, 15) is 0 Å². The molecule has 3 nitrogen and oxygen atoms in total. The summed E-state index contributed by atoms with van der Waals surface area (Å²) in [5.74, 6) is 0. The number of hydrogen-bond donors (Lipinski definition) is 1. The summed E-state index contributed by atoms with van der Waals surface area (Å²) < 4.78 is 1.13. The minimum atomic E-state index is 0.0214. The third-order valence-electron chi connectivity index (χ3n) is 4.81. The van der Waals surface area contributed by atoms with Gasteiger partial charge in [0, 0.05) is 29.6 Å². The second-order valence-corrected chi connectivity index (χ2v) is 7.39. The highest BCUT2D eigenvalue weighted by molar-refractivity contribution is 9.10. The largest absolute Gasteiger partial charge is 0.329 e. The fourth-order valence-electron chi connectivity index (χ4n) is 2.97. The molecule has 0 aliphatic carbocycles. The highest BCUT2D eigenvalue weighted by atomic mass is 79.9. The Bertz CT molecular complexity index is 428. The van der Waals surface area contributed by atoms with Gasteiger partial charge in [0.25, 0.3) is 0 Å². The Morgan fingerprint density at radius 3 is 2.43 bits per heavy atom. The summed E-state index contributed by atoms with van der Waals surface area (Å²) in [6, 6.07) is 8.59. The van der Waals surface area contributed by atoms with E-state index in [1.165, 1.54) is 31.5 Å². The molecule has 2 N–H and O–H groups in total. The van der Waals surface area contributed by atoms with Crippen molar-refractivity contribution in [2.45, 2.75) is 31.7 Å². The Labute approximate surface area is 137 Å². The highest BCUT2D eigenvalue weighted by Crippen LogP contribution is 2.20. The maximum atomic E-state index is 6.10. The van der Waals surface area contributed by atoms with Gasteiger partial charge in [-0.25, -0.2) is 0 Å². The maximum absolute atomic E-state index is 6.10. The van der Waals surface area contributed by atoms with Gasteiger partial charge in [0.2, 0.25) is 0 Å². The van der Waals surface area contributed by atoms with Gasteiger partial charge in [-0.3, -0.25) is 4.90 Å². The lowest BCUT2D eigenvalue weighted by molar-refractivity contribution is 0.128. The molecule has 0 spiro atoms. The van der Waals surface area contributed by atoms with Crippen LogP contribution in [-0.2, 0) is 6.42 Å². The van der Waals surface area contributed by atoms with Gasteiger partial charge in [-0.05, 0) is 64.0 Å². The van der Waals surface area contributed by atoms with Gasteiger partial charge in [0.15, 0.2) is 0 Å². The van der Waals surface area contributed by atoms with Crippen molar-refractivity contribution in [1.29, 1.82) is 0 Å². The van der Waals surface area contributed by atoms with Crippen molar-refractivity contribution in [2.75, 3.05) is 39.8 Å². The number of likely N-dealkylation sites (tertiary alicyclic amines) is 1. The summed E-state index contributed by atoms with van der Waals surface area (Å²) in [5, 5.41) is 0. The third-order valence-corrected chi connectivity index (χ3v) is 5.34. The summed E-state index contributed by atoms with van der Waals surface area (Å²) in [6.45, 7) is 7.73. The lowest BCUT2D eigenvalue weighted by Crippen LogP contribution is -2.53. The first-order valence-electron chi connectivity index (χ1n) is 7.91. The average molecular weight is 354 g/mol. The third kappa shape index (κ3) is 4.78. The minimum absolute atomic E-state index is 0.0214. The molecular weight excluding hydrogens is 326 g/mol. The Hall–Kier alpha value is -0.420. The lowest BCUT2D eigenvalue weighted by atomic mass is 9.91. The fraction of sp³-hybridized carbons (Fsp3) is 0.647. The zero-order valence-electron chi connectivity index (χ0n) is 13.3. The molecule has 0 aromatic heterocycles. The number of hydrogen-bond acceptors (Lipinski definition) is 3. The van der Waals surface area contributed by atoms with E-state index in [2.05, 4.69) is 64.0 Å². The van der Waals surface area contributed by atoms with Crippen LogP contribution < -0.4 is 5.73 Å². The van der Waals surface area contributed by atoms with E-state index in [4.69, 9.17) is 5.73 Å². The monoisotopic (exact) mass is 353 g/mol.